The minimum absolute atomic E-state index is 0.638. The van der Waals surface area contributed by atoms with E-state index in [0.29, 0.717) is 11.6 Å². The van der Waals surface area contributed by atoms with Crippen LogP contribution in [0.5, 0.6) is 5.75 Å². The molecule has 0 fully saturated rings. The van der Waals surface area contributed by atoms with Gasteiger partial charge in [-0.1, -0.05) is 27.5 Å². The van der Waals surface area contributed by atoms with Crippen LogP contribution >= 0.6 is 59.4 Å². The van der Waals surface area contributed by atoms with Crippen LogP contribution in [0.25, 0.3) is 0 Å². The van der Waals surface area contributed by atoms with Gasteiger partial charge in [-0.2, -0.15) is 0 Å². The van der Waals surface area contributed by atoms with E-state index >= 15 is 0 Å². The second kappa shape index (κ2) is 7.16. The Morgan fingerprint density at radius 1 is 1.10 bits per heavy atom. The molecular weight excluding hydrogens is 473 g/mol. The van der Waals surface area contributed by atoms with E-state index in [0.717, 1.165) is 30.4 Å². The van der Waals surface area contributed by atoms with E-state index in [1.54, 1.807) is 7.11 Å². The van der Waals surface area contributed by atoms with E-state index in [-0.39, 0.29) is 0 Å². The van der Waals surface area contributed by atoms with Crippen LogP contribution in [-0.2, 0) is 6.54 Å². The fourth-order valence-corrected chi connectivity index (χ4v) is 3.68. The van der Waals surface area contributed by atoms with Crippen LogP contribution in [0.15, 0.2) is 43.7 Å². The third kappa shape index (κ3) is 3.91. The van der Waals surface area contributed by atoms with Crippen molar-refractivity contribution in [2.24, 2.45) is 0 Å². The third-order valence-electron chi connectivity index (χ3n) is 2.69. The lowest BCUT2D eigenvalue weighted by Crippen LogP contribution is -2.02. The maximum Gasteiger partial charge on any atom is 0.138 e. The van der Waals surface area contributed by atoms with Gasteiger partial charge >= 0.3 is 0 Å². The van der Waals surface area contributed by atoms with Crippen molar-refractivity contribution >= 4 is 65.1 Å². The normalized spacial score (nSPS) is 10.4. The number of rotatable bonds is 4. The second-order valence-electron chi connectivity index (χ2n) is 4.06. The summed E-state index contributed by atoms with van der Waals surface area (Å²) < 4.78 is 8.22. The highest BCUT2D eigenvalue weighted by molar-refractivity contribution is 9.11. The van der Waals surface area contributed by atoms with Crippen molar-refractivity contribution < 1.29 is 4.74 Å². The summed E-state index contributed by atoms with van der Waals surface area (Å²) in [5.74, 6) is 0.823. The van der Waals surface area contributed by atoms with Crippen molar-refractivity contribution in [3.05, 3.63) is 54.3 Å². The molecule has 0 bridgehead atoms. The fourth-order valence-electron chi connectivity index (χ4n) is 1.78. The van der Waals surface area contributed by atoms with E-state index in [1.165, 1.54) is 0 Å². The Bertz CT molecular complexity index is 634. The molecule has 0 radical (unpaired) electrons. The van der Waals surface area contributed by atoms with E-state index < -0.39 is 0 Å². The molecule has 0 atom stereocenters. The second-order valence-corrected chi connectivity index (χ2v) is 7.09. The molecule has 0 aromatic heterocycles. The standard InChI is InChI=1S/C14H11Br3ClNO/c1-20-14-8(4-9(15)5-12(14)17)7-19-10-2-3-11(16)13(18)6-10/h2-6,19H,7H2,1H3. The van der Waals surface area contributed by atoms with Crippen molar-refractivity contribution in [2.45, 2.75) is 6.54 Å². The number of halogens is 4. The first kappa shape index (κ1) is 16.1. The Kier molecular flexibility index (Phi) is 5.78. The molecule has 0 heterocycles. The zero-order chi connectivity index (χ0) is 14.7. The SMILES string of the molecule is COc1c(Br)cc(Br)cc1CNc1ccc(Br)c(Cl)c1. The predicted octanol–water partition coefficient (Wildman–Crippen LogP) is 6.25. The average molecular weight is 484 g/mol. The molecule has 2 aromatic carbocycles. The molecule has 1 N–H and O–H groups in total. The Morgan fingerprint density at radius 2 is 1.85 bits per heavy atom. The Labute approximate surface area is 148 Å². The minimum Gasteiger partial charge on any atom is -0.495 e. The molecule has 0 aliphatic rings. The van der Waals surface area contributed by atoms with Gasteiger partial charge in [0.1, 0.15) is 5.75 Å². The van der Waals surface area contributed by atoms with E-state index in [1.807, 2.05) is 30.3 Å². The molecule has 0 saturated carbocycles. The Hall–Kier alpha value is -0.230. The summed E-state index contributed by atoms with van der Waals surface area (Å²) >= 11 is 16.4. The van der Waals surface area contributed by atoms with Crippen molar-refractivity contribution in [1.82, 2.24) is 0 Å². The fraction of sp³-hybridized carbons (Fsp3) is 0.143. The van der Waals surface area contributed by atoms with E-state index in [4.69, 9.17) is 16.3 Å². The maximum atomic E-state index is 6.08. The summed E-state index contributed by atoms with van der Waals surface area (Å²) in [7, 11) is 1.66. The van der Waals surface area contributed by atoms with Gasteiger partial charge in [0.05, 0.1) is 16.6 Å². The highest BCUT2D eigenvalue weighted by atomic mass is 79.9. The number of benzene rings is 2. The molecule has 0 spiro atoms. The highest BCUT2D eigenvalue weighted by Gasteiger charge is 2.09. The smallest absolute Gasteiger partial charge is 0.138 e. The van der Waals surface area contributed by atoms with Crippen LogP contribution in [0.3, 0.4) is 0 Å². The average Bonchev–Trinajstić information content (AvgIpc) is 2.39. The largest absolute Gasteiger partial charge is 0.495 e. The molecule has 0 aliphatic carbocycles. The zero-order valence-electron chi connectivity index (χ0n) is 10.5. The summed E-state index contributed by atoms with van der Waals surface area (Å²) in [6.45, 7) is 0.638. The molecule has 0 saturated heterocycles. The van der Waals surface area contributed by atoms with Crippen LogP contribution in [0.2, 0.25) is 5.02 Å². The van der Waals surface area contributed by atoms with Crippen LogP contribution in [0.1, 0.15) is 5.56 Å². The number of hydrogen-bond donors (Lipinski definition) is 1. The highest BCUT2D eigenvalue weighted by Crippen LogP contribution is 2.33. The van der Waals surface area contributed by atoms with Crippen molar-refractivity contribution in [2.75, 3.05) is 12.4 Å². The molecule has 2 nitrogen and oxygen atoms in total. The predicted molar refractivity (Wildman–Crippen MR) is 94.9 cm³/mol. The molecule has 2 aromatic rings. The molecule has 6 heteroatoms. The van der Waals surface area contributed by atoms with E-state index in [2.05, 4.69) is 53.1 Å². The summed E-state index contributed by atoms with van der Waals surface area (Å²) in [4.78, 5) is 0. The lowest BCUT2D eigenvalue weighted by atomic mass is 10.2. The number of nitrogens with one attached hydrogen (secondary N) is 1. The summed E-state index contributed by atoms with van der Waals surface area (Å²) in [5.41, 5.74) is 2.00. The van der Waals surface area contributed by atoms with Crippen LogP contribution < -0.4 is 10.1 Å². The molecule has 20 heavy (non-hydrogen) atoms. The van der Waals surface area contributed by atoms with Crippen molar-refractivity contribution in [3.63, 3.8) is 0 Å². The Morgan fingerprint density at radius 3 is 2.50 bits per heavy atom. The number of ether oxygens (including phenoxy) is 1. The van der Waals surface area contributed by atoms with Crippen molar-refractivity contribution in [1.29, 1.82) is 0 Å². The molecular formula is C14H11Br3ClNO. The number of anilines is 1. The minimum atomic E-state index is 0.638. The monoisotopic (exact) mass is 481 g/mol. The van der Waals surface area contributed by atoms with Crippen LogP contribution in [0.4, 0.5) is 5.69 Å². The van der Waals surface area contributed by atoms with Gasteiger partial charge in [-0.05, 0) is 62.2 Å². The van der Waals surface area contributed by atoms with Gasteiger partial charge in [0.15, 0.2) is 0 Å². The summed E-state index contributed by atoms with van der Waals surface area (Å²) in [6, 6.07) is 9.75. The molecule has 0 aliphatic heterocycles. The van der Waals surface area contributed by atoms with Crippen LogP contribution in [-0.4, -0.2) is 7.11 Å². The van der Waals surface area contributed by atoms with Gasteiger partial charge in [-0.25, -0.2) is 0 Å². The van der Waals surface area contributed by atoms with Gasteiger partial charge in [0.25, 0.3) is 0 Å². The van der Waals surface area contributed by atoms with E-state index in [9.17, 15) is 0 Å². The zero-order valence-corrected chi connectivity index (χ0v) is 16.0. The first-order valence-electron chi connectivity index (χ1n) is 5.72. The maximum absolute atomic E-state index is 6.08. The molecule has 2 rings (SSSR count). The lowest BCUT2D eigenvalue weighted by molar-refractivity contribution is 0.407. The summed E-state index contributed by atoms with van der Waals surface area (Å²) in [5, 5.41) is 4.01. The molecule has 0 unspecified atom stereocenters. The molecule has 0 amide bonds. The Balaban J connectivity index is 2.20. The van der Waals surface area contributed by atoms with Gasteiger partial charge in [-0.15, -0.1) is 0 Å². The third-order valence-corrected chi connectivity index (χ3v) is 4.97. The van der Waals surface area contributed by atoms with Crippen LogP contribution in [0, 0.1) is 0 Å². The topological polar surface area (TPSA) is 21.3 Å². The summed E-state index contributed by atoms with van der Waals surface area (Å²) in [6.07, 6.45) is 0. The van der Waals surface area contributed by atoms with Gasteiger partial charge in [0.2, 0.25) is 0 Å². The van der Waals surface area contributed by atoms with Crippen molar-refractivity contribution in [3.8, 4) is 5.75 Å². The number of methoxy groups -OCH3 is 1. The first-order valence-corrected chi connectivity index (χ1v) is 8.48. The number of hydrogen-bond acceptors (Lipinski definition) is 2. The lowest BCUT2D eigenvalue weighted by Gasteiger charge is -2.13. The molecule has 106 valence electrons. The quantitative estimate of drug-likeness (QED) is 0.554. The van der Waals surface area contributed by atoms with Gasteiger partial charge in [0, 0.05) is 26.7 Å². The van der Waals surface area contributed by atoms with Gasteiger partial charge < -0.3 is 10.1 Å². The van der Waals surface area contributed by atoms with Gasteiger partial charge in [-0.3, -0.25) is 0 Å². The first-order chi connectivity index (χ1) is 9.51.